The molecule has 0 aliphatic carbocycles. The molecule has 1 rings (SSSR count). The molecule has 1 heterocycles. The average molecular weight is 307 g/mol. The predicted octanol–water partition coefficient (Wildman–Crippen LogP) is 1.30. The van der Waals surface area contributed by atoms with E-state index in [0.717, 1.165) is 10.1 Å². The zero-order chi connectivity index (χ0) is 10.6. The number of esters is 1. The number of rotatable bonds is 3. The summed E-state index contributed by atoms with van der Waals surface area (Å²) < 4.78 is 5.39. The van der Waals surface area contributed by atoms with Crippen LogP contribution in [0.3, 0.4) is 0 Å². The minimum absolute atomic E-state index is 0.0730. The third-order valence-electron chi connectivity index (χ3n) is 1.46. The summed E-state index contributed by atoms with van der Waals surface area (Å²) in [6, 6.07) is 0. The van der Waals surface area contributed by atoms with Gasteiger partial charge in [0.05, 0.1) is 10.7 Å². The molecule has 1 N–H and O–H groups in total. The van der Waals surface area contributed by atoms with Gasteiger partial charge in [-0.15, -0.1) is 0 Å². The van der Waals surface area contributed by atoms with Gasteiger partial charge in [-0.1, -0.05) is 0 Å². The minimum atomic E-state index is -0.527. The fourth-order valence-electron chi connectivity index (χ4n) is 0.848. The van der Waals surface area contributed by atoms with Gasteiger partial charge in [0, 0.05) is 12.7 Å². The van der Waals surface area contributed by atoms with Crippen LogP contribution in [0.4, 0.5) is 5.82 Å². The smallest absolute Gasteiger partial charge is 0.376 e. The monoisotopic (exact) mass is 307 g/mol. The lowest BCUT2D eigenvalue weighted by atomic mass is 10.5. The van der Waals surface area contributed by atoms with Crippen LogP contribution in [0.15, 0.2) is 6.20 Å². The highest BCUT2D eigenvalue weighted by Gasteiger charge is 2.11. The summed E-state index contributed by atoms with van der Waals surface area (Å²) in [4.78, 5) is 19.0. The first-order valence-electron chi connectivity index (χ1n) is 4.03. The number of carbonyl (C=O) groups excluding carboxylic acids is 1. The van der Waals surface area contributed by atoms with Crippen molar-refractivity contribution in [3.63, 3.8) is 0 Å². The number of methoxy groups -OCH3 is 1. The molecule has 0 atom stereocenters. The van der Waals surface area contributed by atoms with E-state index in [1.54, 1.807) is 6.20 Å². The van der Waals surface area contributed by atoms with Crippen molar-refractivity contribution < 1.29 is 9.53 Å². The van der Waals surface area contributed by atoms with Gasteiger partial charge in [-0.3, -0.25) is 0 Å². The zero-order valence-corrected chi connectivity index (χ0v) is 10.0. The van der Waals surface area contributed by atoms with Gasteiger partial charge in [-0.05, 0) is 29.5 Å². The number of nitrogens with one attached hydrogen (secondary N) is 1. The van der Waals surface area contributed by atoms with E-state index < -0.39 is 5.97 Å². The number of aromatic nitrogens is 2. The lowest BCUT2D eigenvalue weighted by Gasteiger charge is -2.05. The molecule has 1 aromatic heterocycles. The van der Waals surface area contributed by atoms with Crippen LogP contribution in [0, 0.1) is 3.57 Å². The molecule has 0 aromatic carbocycles. The molecule has 0 amide bonds. The van der Waals surface area contributed by atoms with E-state index in [9.17, 15) is 4.79 Å². The highest BCUT2D eigenvalue weighted by Crippen LogP contribution is 2.13. The Morgan fingerprint density at radius 1 is 1.71 bits per heavy atom. The molecule has 0 spiro atoms. The molecular weight excluding hydrogens is 297 g/mol. The van der Waals surface area contributed by atoms with Gasteiger partial charge >= 0.3 is 5.97 Å². The Morgan fingerprint density at radius 3 is 3.00 bits per heavy atom. The number of carbonyl (C=O) groups is 1. The largest absolute Gasteiger partial charge is 0.463 e. The summed E-state index contributed by atoms with van der Waals surface area (Å²) in [6.07, 6.45) is 1.58. The van der Waals surface area contributed by atoms with Gasteiger partial charge in [0.15, 0.2) is 0 Å². The molecule has 14 heavy (non-hydrogen) atoms. The molecule has 0 fully saturated rings. The summed E-state index contributed by atoms with van der Waals surface area (Å²) in [7, 11) is 1.30. The Kier molecular flexibility index (Phi) is 4.05. The maximum absolute atomic E-state index is 11.1. The van der Waals surface area contributed by atoms with E-state index in [1.807, 2.05) is 6.92 Å². The SMILES string of the molecule is CCNc1nc(C(=O)OC)ncc1I. The fourth-order valence-corrected chi connectivity index (χ4v) is 1.30. The van der Waals surface area contributed by atoms with E-state index in [-0.39, 0.29) is 5.82 Å². The maximum Gasteiger partial charge on any atom is 0.376 e. The third-order valence-corrected chi connectivity index (χ3v) is 2.25. The second-order valence-electron chi connectivity index (χ2n) is 2.41. The van der Waals surface area contributed by atoms with Crippen LogP contribution in [0.25, 0.3) is 0 Å². The van der Waals surface area contributed by atoms with Crippen LogP contribution in [0.2, 0.25) is 0 Å². The van der Waals surface area contributed by atoms with Gasteiger partial charge < -0.3 is 10.1 Å². The zero-order valence-electron chi connectivity index (χ0n) is 7.87. The quantitative estimate of drug-likeness (QED) is 0.673. The summed E-state index contributed by atoms with van der Waals surface area (Å²) in [6.45, 7) is 2.70. The van der Waals surface area contributed by atoms with Crippen LogP contribution in [-0.4, -0.2) is 29.6 Å². The van der Waals surface area contributed by atoms with Crippen molar-refractivity contribution >= 4 is 34.4 Å². The summed E-state index contributed by atoms with van der Waals surface area (Å²) in [5, 5.41) is 3.03. The first-order valence-corrected chi connectivity index (χ1v) is 5.11. The molecule has 5 nitrogen and oxygen atoms in total. The highest BCUT2D eigenvalue weighted by atomic mass is 127. The average Bonchev–Trinajstić information content (AvgIpc) is 2.20. The summed E-state index contributed by atoms with van der Waals surface area (Å²) in [5.41, 5.74) is 0. The standard InChI is InChI=1S/C8H10IN3O2/c1-3-10-6-5(9)4-11-7(12-6)8(13)14-2/h4H,3H2,1-2H3,(H,10,11,12). The van der Waals surface area contributed by atoms with Crippen molar-refractivity contribution in [3.05, 3.63) is 15.6 Å². The molecule has 6 heteroatoms. The Hall–Kier alpha value is -0.920. The van der Waals surface area contributed by atoms with Crippen molar-refractivity contribution in [3.8, 4) is 0 Å². The minimum Gasteiger partial charge on any atom is -0.463 e. The van der Waals surface area contributed by atoms with Crippen LogP contribution < -0.4 is 5.32 Å². The molecule has 0 saturated heterocycles. The van der Waals surface area contributed by atoms with Crippen molar-refractivity contribution in [2.75, 3.05) is 19.0 Å². The molecule has 0 radical (unpaired) electrons. The molecule has 76 valence electrons. The maximum atomic E-state index is 11.1. The Balaban J connectivity index is 2.99. The number of ether oxygens (including phenoxy) is 1. The number of hydrogen-bond acceptors (Lipinski definition) is 5. The van der Waals surface area contributed by atoms with Crippen molar-refractivity contribution in [1.29, 1.82) is 0 Å². The molecule has 1 aromatic rings. The lowest BCUT2D eigenvalue weighted by molar-refractivity contribution is 0.0587. The first-order chi connectivity index (χ1) is 6.69. The second kappa shape index (κ2) is 5.08. The van der Waals surface area contributed by atoms with Gasteiger partial charge in [-0.2, -0.15) is 0 Å². The van der Waals surface area contributed by atoms with Gasteiger partial charge in [0.25, 0.3) is 0 Å². The van der Waals surface area contributed by atoms with Crippen LogP contribution in [0.1, 0.15) is 17.5 Å². The second-order valence-corrected chi connectivity index (χ2v) is 3.57. The molecule has 0 saturated carbocycles. The van der Waals surface area contributed by atoms with E-state index >= 15 is 0 Å². The molecule has 0 unspecified atom stereocenters. The van der Waals surface area contributed by atoms with E-state index in [1.165, 1.54) is 7.11 Å². The molecule has 0 aliphatic heterocycles. The van der Waals surface area contributed by atoms with Crippen LogP contribution in [-0.2, 0) is 4.74 Å². The molecule has 0 aliphatic rings. The first kappa shape index (κ1) is 11.2. The Labute approximate surface area is 95.4 Å². The van der Waals surface area contributed by atoms with E-state index in [2.05, 4.69) is 42.6 Å². The highest BCUT2D eigenvalue weighted by molar-refractivity contribution is 14.1. The van der Waals surface area contributed by atoms with Gasteiger partial charge in [-0.25, -0.2) is 14.8 Å². The normalized spacial score (nSPS) is 9.64. The fraction of sp³-hybridized carbons (Fsp3) is 0.375. The number of nitrogens with zero attached hydrogens (tertiary/aromatic N) is 2. The topological polar surface area (TPSA) is 64.1 Å². The van der Waals surface area contributed by atoms with Gasteiger partial charge in [0.2, 0.25) is 5.82 Å². The number of halogens is 1. The van der Waals surface area contributed by atoms with Crippen molar-refractivity contribution in [2.45, 2.75) is 6.92 Å². The third kappa shape index (κ3) is 2.53. The van der Waals surface area contributed by atoms with Crippen molar-refractivity contribution in [2.24, 2.45) is 0 Å². The van der Waals surface area contributed by atoms with Gasteiger partial charge in [0.1, 0.15) is 5.82 Å². The number of hydrogen-bond donors (Lipinski definition) is 1. The summed E-state index contributed by atoms with van der Waals surface area (Å²) in [5.74, 6) is 0.202. The van der Waals surface area contributed by atoms with Crippen LogP contribution in [0.5, 0.6) is 0 Å². The number of anilines is 1. The van der Waals surface area contributed by atoms with E-state index in [0.29, 0.717) is 5.82 Å². The molecule has 0 bridgehead atoms. The molecular formula is C8H10IN3O2. The van der Waals surface area contributed by atoms with Crippen LogP contribution >= 0.6 is 22.6 Å². The Bertz CT molecular complexity index is 343. The lowest BCUT2D eigenvalue weighted by Crippen LogP contribution is -2.11. The van der Waals surface area contributed by atoms with E-state index in [4.69, 9.17) is 0 Å². The van der Waals surface area contributed by atoms with Crippen molar-refractivity contribution in [1.82, 2.24) is 9.97 Å². The Morgan fingerprint density at radius 2 is 2.43 bits per heavy atom. The predicted molar refractivity (Wildman–Crippen MR) is 60.3 cm³/mol. The summed E-state index contributed by atoms with van der Waals surface area (Å²) >= 11 is 2.10.